The normalized spacial score (nSPS) is 10.8. The number of carbonyl (C=O) groups is 1. The number of likely N-dealkylation sites (N-methyl/N-ethyl adjacent to an activating group) is 1. The number of benzene rings is 1. The second-order valence-corrected chi connectivity index (χ2v) is 4.33. The zero-order chi connectivity index (χ0) is 14.8. The Morgan fingerprint density at radius 2 is 2.00 bits per heavy atom. The highest BCUT2D eigenvalue weighted by atomic mass is 16.5. The van der Waals surface area contributed by atoms with Crippen molar-refractivity contribution in [2.45, 2.75) is 20.3 Å². The van der Waals surface area contributed by atoms with Crippen molar-refractivity contribution in [3.8, 4) is 5.75 Å². The first kappa shape index (κ1) is 16.2. The zero-order valence-corrected chi connectivity index (χ0v) is 12.2. The molecule has 0 bridgehead atoms. The molecule has 0 aliphatic heterocycles. The Balaban J connectivity index is 2.59. The molecule has 0 aliphatic rings. The van der Waals surface area contributed by atoms with Crippen molar-refractivity contribution in [1.82, 2.24) is 4.90 Å². The molecule has 20 heavy (non-hydrogen) atoms. The van der Waals surface area contributed by atoms with Crippen LogP contribution in [0.4, 0.5) is 0 Å². The predicted molar refractivity (Wildman–Crippen MR) is 80.6 cm³/mol. The SMILES string of the molecule is CCOc1ccc(/C=C/C(=O)N(CC)CCCO)cc1. The summed E-state index contributed by atoms with van der Waals surface area (Å²) in [6.45, 7) is 5.85. The number of rotatable bonds is 8. The fourth-order valence-corrected chi connectivity index (χ4v) is 1.80. The van der Waals surface area contributed by atoms with Gasteiger partial charge in [-0.25, -0.2) is 0 Å². The van der Waals surface area contributed by atoms with Crippen LogP contribution in [0.1, 0.15) is 25.8 Å². The van der Waals surface area contributed by atoms with Crippen molar-refractivity contribution < 1.29 is 14.6 Å². The van der Waals surface area contributed by atoms with Crippen LogP contribution in [-0.2, 0) is 4.79 Å². The van der Waals surface area contributed by atoms with Crippen LogP contribution in [0.3, 0.4) is 0 Å². The van der Waals surface area contributed by atoms with E-state index in [4.69, 9.17) is 9.84 Å². The zero-order valence-electron chi connectivity index (χ0n) is 12.2. The van der Waals surface area contributed by atoms with Crippen molar-refractivity contribution in [1.29, 1.82) is 0 Å². The van der Waals surface area contributed by atoms with Gasteiger partial charge in [0.15, 0.2) is 0 Å². The van der Waals surface area contributed by atoms with Gasteiger partial charge in [-0.1, -0.05) is 12.1 Å². The van der Waals surface area contributed by atoms with E-state index >= 15 is 0 Å². The maximum Gasteiger partial charge on any atom is 0.246 e. The lowest BCUT2D eigenvalue weighted by molar-refractivity contribution is -0.125. The van der Waals surface area contributed by atoms with E-state index in [1.54, 1.807) is 17.1 Å². The monoisotopic (exact) mass is 277 g/mol. The largest absolute Gasteiger partial charge is 0.494 e. The Morgan fingerprint density at radius 3 is 2.55 bits per heavy atom. The van der Waals surface area contributed by atoms with Crippen LogP contribution in [0.15, 0.2) is 30.3 Å². The van der Waals surface area contributed by atoms with E-state index in [9.17, 15) is 4.79 Å². The summed E-state index contributed by atoms with van der Waals surface area (Å²) in [4.78, 5) is 13.7. The van der Waals surface area contributed by atoms with Crippen LogP contribution in [0.5, 0.6) is 5.75 Å². The molecule has 0 heterocycles. The molecular weight excluding hydrogens is 254 g/mol. The number of carbonyl (C=O) groups excluding carboxylic acids is 1. The van der Waals surface area contributed by atoms with Crippen molar-refractivity contribution in [3.63, 3.8) is 0 Å². The molecule has 0 aromatic heterocycles. The van der Waals surface area contributed by atoms with E-state index in [1.165, 1.54) is 0 Å². The number of aliphatic hydroxyl groups excluding tert-OH is 1. The quantitative estimate of drug-likeness (QED) is 0.742. The molecule has 0 saturated heterocycles. The number of ether oxygens (including phenoxy) is 1. The average molecular weight is 277 g/mol. The summed E-state index contributed by atoms with van der Waals surface area (Å²) in [5.41, 5.74) is 0.958. The van der Waals surface area contributed by atoms with Gasteiger partial charge in [0.05, 0.1) is 6.61 Å². The third-order valence-electron chi connectivity index (χ3n) is 2.89. The average Bonchev–Trinajstić information content (AvgIpc) is 2.47. The number of hydrogen-bond acceptors (Lipinski definition) is 3. The van der Waals surface area contributed by atoms with Crippen LogP contribution in [0.25, 0.3) is 6.08 Å². The molecule has 4 heteroatoms. The fourth-order valence-electron chi connectivity index (χ4n) is 1.80. The summed E-state index contributed by atoms with van der Waals surface area (Å²) < 4.78 is 5.36. The topological polar surface area (TPSA) is 49.8 Å². The van der Waals surface area contributed by atoms with Crippen molar-refractivity contribution in [2.24, 2.45) is 0 Å². The van der Waals surface area contributed by atoms with E-state index in [0.29, 0.717) is 26.1 Å². The second-order valence-electron chi connectivity index (χ2n) is 4.33. The minimum atomic E-state index is -0.0326. The molecule has 1 aromatic carbocycles. The second kappa shape index (κ2) is 9.15. The standard InChI is InChI=1S/C16H23NO3/c1-3-17(12-5-13-18)16(19)11-8-14-6-9-15(10-7-14)20-4-2/h6-11,18H,3-5,12-13H2,1-2H3/b11-8+. The first-order chi connectivity index (χ1) is 9.71. The summed E-state index contributed by atoms with van der Waals surface area (Å²) in [7, 11) is 0. The van der Waals surface area contributed by atoms with Gasteiger partial charge < -0.3 is 14.7 Å². The van der Waals surface area contributed by atoms with Gasteiger partial charge in [0.25, 0.3) is 0 Å². The maximum absolute atomic E-state index is 12.0. The molecule has 110 valence electrons. The summed E-state index contributed by atoms with van der Waals surface area (Å²) in [5.74, 6) is 0.795. The Bertz CT molecular complexity index is 426. The highest BCUT2D eigenvalue weighted by molar-refractivity contribution is 5.91. The van der Waals surface area contributed by atoms with Crippen LogP contribution >= 0.6 is 0 Å². The van der Waals surface area contributed by atoms with Crippen LogP contribution in [0, 0.1) is 0 Å². The van der Waals surface area contributed by atoms with Crippen LogP contribution in [-0.4, -0.2) is 42.2 Å². The molecule has 0 aliphatic carbocycles. The summed E-state index contributed by atoms with van der Waals surface area (Å²) >= 11 is 0. The van der Waals surface area contributed by atoms with Crippen molar-refractivity contribution in [2.75, 3.05) is 26.3 Å². The molecule has 1 amide bonds. The van der Waals surface area contributed by atoms with Gasteiger partial charge in [-0.3, -0.25) is 4.79 Å². The Kier molecular flexibility index (Phi) is 7.43. The van der Waals surface area contributed by atoms with E-state index < -0.39 is 0 Å². The molecule has 0 saturated carbocycles. The Morgan fingerprint density at radius 1 is 1.30 bits per heavy atom. The Hall–Kier alpha value is -1.81. The first-order valence-corrected chi connectivity index (χ1v) is 7.02. The molecule has 0 fully saturated rings. The van der Waals surface area contributed by atoms with Gasteiger partial charge in [0.2, 0.25) is 5.91 Å². The smallest absolute Gasteiger partial charge is 0.246 e. The minimum absolute atomic E-state index is 0.0326. The van der Waals surface area contributed by atoms with Gasteiger partial charge in [-0.05, 0) is 44.0 Å². The molecular formula is C16H23NO3. The number of amides is 1. The van der Waals surface area contributed by atoms with Gasteiger partial charge in [0, 0.05) is 25.8 Å². The van der Waals surface area contributed by atoms with Gasteiger partial charge in [-0.2, -0.15) is 0 Å². The molecule has 1 rings (SSSR count). The lowest BCUT2D eigenvalue weighted by Gasteiger charge is -2.18. The van der Waals surface area contributed by atoms with Gasteiger partial charge in [0.1, 0.15) is 5.75 Å². The fraction of sp³-hybridized carbons (Fsp3) is 0.438. The third-order valence-corrected chi connectivity index (χ3v) is 2.89. The highest BCUT2D eigenvalue weighted by Crippen LogP contribution is 2.13. The predicted octanol–water partition coefficient (Wildman–Crippen LogP) is 2.33. The van der Waals surface area contributed by atoms with Gasteiger partial charge in [-0.15, -0.1) is 0 Å². The van der Waals surface area contributed by atoms with E-state index in [-0.39, 0.29) is 12.5 Å². The molecule has 0 atom stereocenters. The molecule has 0 spiro atoms. The summed E-state index contributed by atoms with van der Waals surface area (Å²) in [5, 5.41) is 8.80. The lowest BCUT2D eigenvalue weighted by atomic mass is 10.2. The van der Waals surface area contributed by atoms with E-state index in [1.807, 2.05) is 38.1 Å². The number of hydrogen-bond donors (Lipinski definition) is 1. The minimum Gasteiger partial charge on any atom is -0.494 e. The first-order valence-electron chi connectivity index (χ1n) is 7.02. The third kappa shape index (κ3) is 5.45. The molecule has 4 nitrogen and oxygen atoms in total. The number of aliphatic hydroxyl groups is 1. The maximum atomic E-state index is 12.0. The van der Waals surface area contributed by atoms with E-state index in [0.717, 1.165) is 11.3 Å². The molecule has 1 aromatic rings. The van der Waals surface area contributed by atoms with E-state index in [2.05, 4.69) is 0 Å². The lowest BCUT2D eigenvalue weighted by Crippen LogP contribution is -2.30. The molecule has 0 radical (unpaired) electrons. The number of nitrogens with zero attached hydrogens (tertiary/aromatic N) is 1. The Labute approximate surface area is 120 Å². The van der Waals surface area contributed by atoms with Crippen molar-refractivity contribution in [3.05, 3.63) is 35.9 Å². The molecule has 1 N–H and O–H groups in total. The van der Waals surface area contributed by atoms with Gasteiger partial charge >= 0.3 is 0 Å². The summed E-state index contributed by atoms with van der Waals surface area (Å²) in [6, 6.07) is 7.60. The van der Waals surface area contributed by atoms with Crippen LogP contribution in [0.2, 0.25) is 0 Å². The summed E-state index contributed by atoms with van der Waals surface area (Å²) in [6.07, 6.45) is 3.96. The van der Waals surface area contributed by atoms with Crippen molar-refractivity contribution >= 4 is 12.0 Å². The molecule has 0 unspecified atom stereocenters. The highest BCUT2D eigenvalue weighted by Gasteiger charge is 2.06. The van der Waals surface area contributed by atoms with Crippen LogP contribution < -0.4 is 4.74 Å².